The van der Waals surface area contributed by atoms with Gasteiger partial charge in [-0.1, -0.05) is 80.1 Å². The van der Waals surface area contributed by atoms with E-state index < -0.39 is 68.9 Å². The molecule has 6 rings (SSSR count). The second-order valence-electron chi connectivity index (χ2n) is 11.1. The molecule has 48 heavy (non-hydrogen) atoms. The van der Waals surface area contributed by atoms with Gasteiger partial charge in [-0.2, -0.15) is 8.78 Å². The molecule has 0 amide bonds. The van der Waals surface area contributed by atoms with Crippen LogP contribution >= 0.6 is 0 Å². The van der Waals surface area contributed by atoms with Gasteiger partial charge in [0.25, 0.3) is 0 Å². The molecule has 0 aromatic heterocycles. The van der Waals surface area contributed by atoms with Crippen LogP contribution in [0.1, 0.15) is 24.5 Å². The highest BCUT2D eigenvalue weighted by atomic mass is 19.3. The average Bonchev–Trinajstić information content (AvgIpc) is 3.05. The quantitative estimate of drug-likeness (QED) is 0.116. The minimum Gasteiger partial charge on any atom is -0.429 e. The van der Waals surface area contributed by atoms with Crippen molar-refractivity contribution in [3.8, 4) is 39.1 Å². The smallest absolute Gasteiger partial charge is 0.429 e. The Bertz CT molecular complexity index is 2160. The number of hydrogen-bond donors (Lipinski definition) is 0. The van der Waals surface area contributed by atoms with E-state index in [1.165, 1.54) is 42.5 Å². The first-order chi connectivity index (χ1) is 22.9. The minimum absolute atomic E-state index is 0.00976. The monoisotopic (exact) mass is 666 g/mol. The number of hydrogen-bond acceptors (Lipinski definition) is 1. The topological polar surface area (TPSA) is 9.23 Å². The molecule has 0 radical (unpaired) electrons. The van der Waals surface area contributed by atoms with Gasteiger partial charge in [0.05, 0.1) is 10.9 Å². The Kier molecular flexibility index (Phi) is 8.68. The molecule has 10 heteroatoms. The lowest BCUT2D eigenvalue weighted by Gasteiger charge is -2.20. The Labute approximate surface area is 268 Å². The molecule has 0 atom stereocenters. The molecule has 0 N–H and O–H groups in total. The summed E-state index contributed by atoms with van der Waals surface area (Å²) in [6.45, 7) is 2.05. The van der Waals surface area contributed by atoms with Crippen LogP contribution in [0.25, 0.3) is 44.2 Å². The van der Waals surface area contributed by atoms with Crippen LogP contribution in [0.5, 0.6) is 5.75 Å². The maximum absolute atomic E-state index is 15.2. The van der Waals surface area contributed by atoms with Crippen LogP contribution in [0.3, 0.4) is 0 Å². The van der Waals surface area contributed by atoms with E-state index in [4.69, 9.17) is 0 Å². The summed E-state index contributed by atoms with van der Waals surface area (Å²) in [6.07, 6.45) is -2.54. The molecule has 0 heterocycles. The molecule has 6 aromatic rings. The molecule has 1 nitrogen and oxygen atoms in total. The minimum atomic E-state index is -4.37. The normalized spacial score (nSPS) is 11.7. The zero-order chi connectivity index (χ0) is 34.3. The summed E-state index contributed by atoms with van der Waals surface area (Å²) in [5.41, 5.74) is 1.34. The van der Waals surface area contributed by atoms with E-state index in [0.717, 1.165) is 30.5 Å². The van der Waals surface area contributed by atoms with Crippen molar-refractivity contribution in [2.75, 3.05) is 0 Å². The largest absolute Gasteiger partial charge is 0.429 e. The zero-order valence-electron chi connectivity index (χ0n) is 25.0. The third-order valence-electron chi connectivity index (χ3n) is 7.94. The van der Waals surface area contributed by atoms with Gasteiger partial charge in [0.1, 0.15) is 17.4 Å². The Morgan fingerprint density at radius 2 is 1.08 bits per heavy atom. The summed E-state index contributed by atoms with van der Waals surface area (Å²) in [4.78, 5) is 0. The number of fused-ring (bicyclic) bond motifs is 1. The van der Waals surface area contributed by atoms with Gasteiger partial charge in [-0.05, 0) is 63.9 Å². The maximum atomic E-state index is 15.2. The first-order valence-electron chi connectivity index (χ1n) is 14.7. The molecule has 0 aliphatic heterocycles. The number of benzene rings is 6. The Morgan fingerprint density at radius 1 is 0.521 bits per heavy atom. The first-order valence-corrected chi connectivity index (χ1v) is 14.7. The molecule has 0 saturated carbocycles. The van der Waals surface area contributed by atoms with E-state index >= 15 is 22.0 Å². The molecular formula is C38H23F9O. The number of aryl methyl sites for hydroxylation is 1. The zero-order valence-corrected chi connectivity index (χ0v) is 25.0. The van der Waals surface area contributed by atoms with E-state index in [0.29, 0.717) is 34.9 Å². The standard InChI is InChI=1S/C38H23F9O/c1-2-3-20-4-6-22(7-5-20)27-13-14-28(35(43)34(27)42)23-10-8-21(9-11-23)24-12-15-29(30(39)17-24)38(46,47)48-26-16-25-18-32(41)36(44)37(45)33(25)31(40)19-26/h4-19H,2-3H2,1H3. The summed E-state index contributed by atoms with van der Waals surface area (Å²) in [7, 11) is 0. The number of rotatable bonds is 8. The maximum Gasteiger partial charge on any atom is 0.429 e. The molecule has 244 valence electrons. The highest BCUT2D eigenvalue weighted by Crippen LogP contribution is 2.38. The van der Waals surface area contributed by atoms with Gasteiger partial charge in [0.15, 0.2) is 29.1 Å². The summed E-state index contributed by atoms with van der Waals surface area (Å²) < 4.78 is 136. The van der Waals surface area contributed by atoms with Gasteiger partial charge in [0.2, 0.25) is 0 Å². The van der Waals surface area contributed by atoms with Crippen molar-refractivity contribution in [3.05, 3.63) is 149 Å². The summed E-state index contributed by atoms with van der Waals surface area (Å²) in [5, 5.41) is -1.56. The van der Waals surface area contributed by atoms with Crippen LogP contribution in [0.15, 0.2) is 97.1 Å². The molecule has 0 spiro atoms. The molecule has 0 unspecified atom stereocenters. The van der Waals surface area contributed by atoms with Crippen molar-refractivity contribution in [1.82, 2.24) is 0 Å². The molecular weight excluding hydrogens is 643 g/mol. The highest BCUT2D eigenvalue weighted by molar-refractivity contribution is 5.85. The van der Waals surface area contributed by atoms with E-state index in [-0.39, 0.29) is 16.7 Å². The molecule has 0 saturated heterocycles. The Balaban J connectivity index is 1.22. The van der Waals surface area contributed by atoms with E-state index in [1.54, 1.807) is 12.1 Å². The van der Waals surface area contributed by atoms with Crippen molar-refractivity contribution in [2.24, 2.45) is 0 Å². The van der Waals surface area contributed by atoms with Crippen LogP contribution in [0, 0.1) is 40.7 Å². The van der Waals surface area contributed by atoms with Gasteiger partial charge < -0.3 is 4.74 Å². The highest BCUT2D eigenvalue weighted by Gasteiger charge is 2.38. The summed E-state index contributed by atoms with van der Waals surface area (Å²) in [5.74, 6) is -11.3. The van der Waals surface area contributed by atoms with E-state index in [9.17, 15) is 17.6 Å². The van der Waals surface area contributed by atoms with Crippen molar-refractivity contribution in [1.29, 1.82) is 0 Å². The number of ether oxygens (including phenoxy) is 1. The second kappa shape index (κ2) is 12.7. The van der Waals surface area contributed by atoms with Crippen molar-refractivity contribution in [3.63, 3.8) is 0 Å². The fourth-order valence-electron chi connectivity index (χ4n) is 5.53. The number of alkyl halides is 2. The van der Waals surface area contributed by atoms with Crippen molar-refractivity contribution < 1.29 is 44.3 Å². The molecule has 0 aliphatic carbocycles. The Hall–Kier alpha value is -5.25. The van der Waals surface area contributed by atoms with Crippen LogP contribution in [0.2, 0.25) is 0 Å². The predicted octanol–water partition coefficient (Wildman–Crippen LogP) is 11.9. The summed E-state index contributed by atoms with van der Waals surface area (Å²) in [6, 6.07) is 20.2. The summed E-state index contributed by atoms with van der Waals surface area (Å²) >= 11 is 0. The van der Waals surface area contributed by atoms with Gasteiger partial charge in [-0.15, -0.1) is 0 Å². The SMILES string of the molecule is CCCc1ccc(-c2ccc(-c3ccc(-c4ccc(C(F)(F)Oc5cc(F)c6c(F)c(F)c(F)cc6c5)c(F)c4)cc3)c(F)c2F)cc1. The lowest BCUT2D eigenvalue weighted by atomic mass is 9.96. The van der Waals surface area contributed by atoms with Crippen molar-refractivity contribution in [2.45, 2.75) is 25.9 Å². The van der Waals surface area contributed by atoms with Crippen LogP contribution < -0.4 is 4.74 Å². The molecule has 6 aromatic carbocycles. The van der Waals surface area contributed by atoms with Gasteiger partial charge >= 0.3 is 6.11 Å². The van der Waals surface area contributed by atoms with Crippen LogP contribution in [0.4, 0.5) is 39.5 Å². The third kappa shape index (κ3) is 6.10. The van der Waals surface area contributed by atoms with E-state index in [1.807, 2.05) is 19.1 Å². The Morgan fingerprint density at radius 3 is 1.67 bits per heavy atom. The van der Waals surface area contributed by atoms with Gasteiger partial charge in [0, 0.05) is 17.2 Å². The molecule has 0 aliphatic rings. The fraction of sp³-hybridized carbons (Fsp3) is 0.105. The second-order valence-corrected chi connectivity index (χ2v) is 11.1. The predicted molar refractivity (Wildman–Crippen MR) is 165 cm³/mol. The fourth-order valence-corrected chi connectivity index (χ4v) is 5.53. The molecule has 0 bridgehead atoms. The number of halogens is 9. The van der Waals surface area contributed by atoms with Crippen LogP contribution in [-0.4, -0.2) is 0 Å². The van der Waals surface area contributed by atoms with Crippen LogP contribution in [-0.2, 0) is 12.5 Å². The van der Waals surface area contributed by atoms with E-state index in [2.05, 4.69) is 4.74 Å². The van der Waals surface area contributed by atoms with Gasteiger partial charge in [-0.3, -0.25) is 0 Å². The lowest BCUT2D eigenvalue weighted by Crippen LogP contribution is -2.23. The average molecular weight is 667 g/mol. The molecule has 0 fully saturated rings. The third-order valence-corrected chi connectivity index (χ3v) is 7.94. The first kappa shape index (κ1) is 32.7. The van der Waals surface area contributed by atoms with Gasteiger partial charge in [-0.25, -0.2) is 30.7 Å². The lowest BCUT2D eigenvalue weighted by molar-refractivity contribution is -0.187. The van der Waals surface area contributed by atoms with Crippen molar-refractivity contribution >= 4 is 10.8 Å².